The first kappa shape index (κ1) is 16.3. The maximum absolute atomic E-state index is 12.0. The number of cyclic esters (lactones) is 1. The molecule has 2 aromatic rings. The van der Waals surface area contributed by atoms with Crippen molar-refractivity contribution >= 4 is 46.2 Å². The lowest BCUT2D eigenvalue weighted by Gasteiger charge is -2.01. The summed E-state index contributed by atoms with van der Waals surface area (Å²) in [6.07, 6.45) is 1.64. The number of nitro benzene ring substituents is 1. The summed E-state index contributed by atoms with van der Waals surface area (Å²) in [6, 6.07) is 12.2. The van der Waals surface area contributed by atoms with Gasteiger partial charge in [-0.25, -0.2) is 9.79 Å². The van der Waals surface area contributed by atoms with Gasteiger partial charge in [-0.15, -0.1) is 0 Å². The van der Waals surface area contributed by atoms with Crippen LogP contribution in [0.15, 0.2) is 53.2 Å². The molecule has 1 aliphatic heterocycles. The number of carbonyl (C=O) groups excluding carboxylic acids is 1. The molecule has 0 saturated heterocycles. The molecule has 0 amide bonds. The van der Waals surface area contributed by atoms with E-state index in [1.165, 1.54) is 6.07 Å². The van der Waals surface area contributed by atoms with E-state index in [9.17, 15) is 14.9 Å². The number of rotatable bonds is 3. The summed E-state index contributed by atoms with van der Waals surface area (Å²) in [6.45, 7) is 1.65. The van der Waals surface area contributed by atoms with Crippen LogP contribution in [0.5, 0.6) is 0 Å². The van der Waals surface area contributed by atoms with Crippen LogP contribution >= 0.6 is 22.6 Å². The standard InChI is InChI=1S/C17H11IN2O4/c1-10-6-7-12(9-15(10)20(22)23)16-19-14(17(21)24-16)8-11-4-2-3-5-13(11)18/h2-9H,1H3/b14-8+. The van der Waals surface area contributed by atoms with Crippen molar-refractivity contribution in [3.63, 3.8) is 0 Å². The quantitative estimate of drug-likeness (QED) is 0.242. The first-order valence-corrected chi connectivity index (χ1v) is 8.06. The van der Waals surface area contributed by atoms with Gasteiger partial charge in [0.1, 0.15) is 0 Å². The number of nitrogens with zero attached hydrogens (tertiary/aromatic N) is 2. The largest absolute Gasteiger partial charge is 0.402 e. The predicted molar refractivity (Wildman–Crippen MR) is 97.6 cm³/mol. The molecule has 24 heavy (non-hydrogen) atoms. The SMILES string of the molecule is Cc1ccc(C2=N/C(=C/c3ccccc3I)C(=O)O2)cc1[N+](=O)[O-]. The van der Waals surface area contributed by atoms with Crippen molar-refractivity contribution in [2.24, 2.45) is 4.99 Å². The molecule has 0 spiro atoms. The summed E-state index contributed by atoms with van der Waals surface area (Å²) in [5.41, 5.74) is 1.90. The molecule has 0 unspecified atom stereocenters. The van der Waals surface area contributed by atoms with Crippen LogP contribution in [0.4, 0.5) is 5.69 Å². The van der Waals surface area contributed by atoms with Gasteiger partial charge in [0.25, 0.3) is 5.69 Å². The van der Waals surface area contributed by atoms with Crippen molar-refractivity contribution in [3.05, 3.63) is 78.5 Å². The lowest BCUT2D eigenvalue weighted by atomic mass is 10.1. The van der Waals surface area contributed by atoms with Crippen LogP contribution in [0.2, 0.25) is 0 Å². The lowest BCUT2D eigenvalue weighted by Crippen LogP contribution is -2.06. The molecule has 7 heteroatoms. The van der Waals surface area contributed by atoms with Gasteiger partial charge in [-0.05, 0) is 53.3 Å². The van der Waals surface area contributed by atoms with Gasteiger partial charge in [-0.1, -0.05) is 24.3 Å². The van der Waals surface area contributed by atoms with Gasteiger partial charge >= 0.3 is 5.97 Å². The van der Waals surface area contributed by atoms with Crippen molar-refractivity contribution in [2.75, 3.05) is 0 Å². The van der Waals surface area contributed by atoms with Crippen LogP contribution in [0, 0.1) is 20.6 Å². The zero-order chi connectivity index (χ0) is 17.3. The normalized spacial score (nSPS) is 15.3. The Morgan fingerprint density at radius 1 is 1.25 bits per heavy atom. The highest BCUT2D eigenvalue weighted by molar-refractivity contribution is 14.1. The van der Waals surface area contributed by atoms with Gasteiger partial charge in [-0.2, -0.15) is 0 Å². The van der Waals surface area contributed by atoms with E-state index in [0.717, 1.165) is 9.13 Å². The van der Waals surface area contributed by atoms with Crippen molar-refractivity contribution in [3.8, 4) is 0 Å². The smallest absolute Gasteiger partial charge is 0.363 e. The highest BCUT2D eigenvalue weighted by atomic mass is 127. The molecule has 0 bridgehead atoms. The average molecular weight is 434 g/mol. The molecule has 0 atom stereocenters. The number of esters is 1. The van der Waals surface area contributed by atoms with E-state index in [-0.39, 0.29) is 17.3 Å². The highest BCUT2D eigenvalue weighted by Gasteiger charge is 2.26. The minimum atomic E-state index is -0.576. The van der Waals surface area contributed by atoms with E-state index in [1.807, 2.05) is 24.3 Å². The lowest BCUT2D eigenvalue weighted by molar-refractivity contribution is -0.385. The second-order valence-electron chi connectivity index (χ2n) is 5.12. The maximum atomic E-state index is 12.0. The summed E-state index contributed by atoms with van der Waals surface area (Å²) in [4.78, 5) is 26.8. The van der Waals surface area contributed by atoms with Crippen molar-refractivity contribution in [1.82, 2.24) is 0 Å². The topological polar surface area (TPSA) is 81.8 Å². The number of hydrogen-bond acceptors (Lipinski definition) is 5. The number of benzene rings is 2. The number of hydrogen-bond donors (Lipinski definition) is 0. The minimum Gasteiger partial charge on any atom is -0.402 e. The molecule has 0 fully saturated rings. The van der Waals surface area contributed by atoms with Crippen molar-refractivity contribution in [1.29, 1.82) is 0 Å². The molecular weight excluding hydrogens is 423 g/mol. The molecule has 0 N–H and O–H groups in total. The van der Waals surface area contributed by atoms with E-state index < -0.39 is 10.9 Å². The Morgan fingerprint density at radius 2 is 2.00 bits per heavy atom. The first-order valence-electron chi connectivity index (χ1n) is 6.98. The number of aryl methyl sites for hydroxylation is 1. The van der Waals surface area contributed by atoms with E-state index in [2.05, 4.69) is 27.6 Å². The molecule has 0 aromatic heterocycles. The van der Waals surface area contributed by atoms with Gasteiger partial charge in [0.2, 0.25) is 5.90 Å². The summed E-state index contributed by atoms with van der Waals surface area (Å²) < 4.78 is 6.14. The molecule has 120 valence electrons. The summed E-state index contributed by atoms with van der Waals surface area (Å²) in [7, 11) is 0. The maximum Gasteiger partial charge on any atom is 0.363 e. The fraction of sp³-hybridized carbons (Fsp3) is 0.0588. The Kier molecular flexibility index (Phi) is 4.43. The first-order chi connectivity index (χ1) is 11.5. The van der Waals surface area contributed by atoms with E-state index in [0.29, 0.717) is 11.1 Å². The zero-order valence-electron chi connectivity index (χ0n) is 12.5. The Hall–Kier alpha value is -2.55. The fourth-order valence-electron chi connectivity index (χ4n) is 2.21. The summed E-state index contributed by atoms with van der Waals surface area (Å²) in [5.74, 6) is -0.506. The number of ether oxygens (including phenoxy) is 1. The summed E-state index contributed by atoms with van der Waals surface area (Å²) in [5, 5.41) is 11.0. The molecule has 6 nitrogen and oxygen atoms in total. The number of aliphatic imine (C=N–C) groups is 1. The van der Waals surface area contributed by atoms with Gasteiger partial charge < -0.3 is 4.74 Å². The van der Waals surface area contributed by atoms with Crippen molar-refractivity contribution < 1.29 is 14.5 Å². The van der Waals surface area contributed by atoms with Crippen LogP contribution in [0.1, 0.15) is 16.7 Å². The minimum absolute atomic E-state index is 0.0405. The van der Waals surface area contributed by atoms with E-state index in [1.54, 1.807) is 25.1 Å². The molecule has 0 saturated carbocycles. The van der Waals surface area contributed by atoms with Crippen LogP contribution < -0.4 is 0 Å². The molecule has 1 aliphatic rings. The zero-order valence-corrected chi connectivity index (χ0v) is 14.7. The third-order valence-corrected chi connectivity index (χ3v) is 4.45. The molecule has 1 heterocycles. The van der Waals surface area contributed by atoms with Crippen LogP contribution in [-0.2, 0) is 9.53 Å². The second-order valence-corrected chi connectivity index (χ2v) is 6.28. The van der Waals surface area contributed by atoms with E-state index in [4.69, 9.17) is 4.74 Å². The third-order valence-electron chi connectivity index (χ3n) is 3.47. The molecular formula is C17H11IN2O4. The predicted octanol–water partition coefficient (Wildman–Crippen LogP) is 3.85. The number of nitro groups is 1. The Labute approximate surface area is 151 Å². The number of halogens is 1. The van der Waals surface area contributed by atoms with Crippen LogP contribution in [0.25, 0.3) is 6.08 Å². The molecule has 0 radical (unpaired) electrons. The van der Waals surface area contributed by atoms with Gasteiger partial charge in [0, 0.05) is 20.8 Å². The molecule has 0 aliphatic carbocycles. The van der Waals surface area contributed by atoms with Crippen molar-refractivity contribution in [2.45, 2.75) is 6.92 Å². The van der Waals surface area contributed by atoms with Gasteiger partial charge in [0.15, 0.2) is 5.70 Å². The third kappa shape index (κ3) is 3.21. The average Bonchev–Trinajstić information content (AvgIpc) is 2.91. The Morgan fingerprint density at radius 3 is 2.71 bits per heavy atom. The Balaban J connectivity index is 2.00. The van der Waals surface area contributed by atoms with Gasteiger partial charge in [-0.3, -0.25) is 10.1 Å². The monoisotopic (exact) mass is 434 g/mol. The molecule has 3 rings (SSSR count). The highest BCUT2D eigenvalue weighted by Crippen LogP contribution is 2.25. The Bertz CT molecular complexity index is 919. The summed E-state index contributed by atoms with van der Waals surface area (Å²) >= 11 is 2.17. The fourth-order valence-corrected chi connectivity index (χ4v) is 2.75. The van der Waals surface area contributed by atoms with E-state index >= 15 is 0 Å². The van der Waals surface area contributed by atoms with Gasteiger partial charge in [0.05, 0.1) is 4.92 Å². The van der Waals surface area contributed by atoms with Crippen LogP contribution in [-0.4, -0.2) is 16.8 Å². The van der Waals surface area contributed by atoms with Crippen LogP contribution in [0.3, 0.4) is 0 Å². The second kappa shape index (κ2) is 6.52. The molecule has 2 aromatic carbocycles. The number of carbonyl (C=O) groups is 1.